The van der Waals surface area contributed by atoms with Gasteiger partial charge in [0, 0.05) is 43.8 Å². The largest absolute Gasteiger partial charge is 0.372 e. The van der Waals surface area contributed by atoms with E-state index in [4.69, 9.17) is 4.99 Å². The predicted octanol–water partition coefficient (Wildman–Crippen LogP) is 4.99. The topological polar surface area (TPSA) is 18.6 Å². The molecule has 0 spiro atoms. The van der Waals surface area contributed by atoms with Gasteiger partial charge in [0.15, 0.2) is 5.71 Å². The predicted molar refractivity (Wildman–Crippen MR) is 130 cm³/mol. The highest BCUT2D eigenvalue weighted by Gasteiger charge is 2.41. The Morgan fingerprint density at radius 2 is 1.79 bits per heavy atom. The summed E-state index contributed by atoms with van der Waals surface area (Å²) >= 11 is 0. The number of aliphatic imine (C=N–C) groups is 1. The Balaban J connectivity index is 1.84. The van der Waals surface area contributed by atoms with Crippen molar-refractivity contribution in [3.8, 4) is 0 Å². The van der Waals surface area contributed by atoms with E-state index in [9.17, 15) is 0 Å². The highest BCUT2D eigenvalue weighted by atomic mass is 28.3. The van der Waals surface area contributed by atoms with Crippen LogP contribution in [-0.4, -0.2) is 50.3 Å². The quantitative estimate of drug-likeness (QED) is 0.383. The number of nitrogens with zero attached hydrogens (tertiary/aromatic N) is 3. The fourth-order valence-electron chi connectivity index (χ4n) is 5.31. The number of allylic oxidation sites excluding steroid dienone is 4. The molecule has 154 valence electrons. The van der Waals surface area contributed by atoms with Gasteiger partial charge in [-0.25, -0.2) is 9.57 Å². The molecule has 0 saturated carbocycles. The number of rotatable bonds is 5. The standard InChI is InChI=1S/C25H36N3Si/c1-5-17-29(4)24-18-20(27(6-2)7-3)11-13-22(24)26-23-14-12-21(19-25(23)29)28-15-9-8-10-16-28/h11-14,18-19H,5-10,15-17H2,1-4H3/q+1. The molecule has 1 fully saturated rings. The maximum Gasteiger partial charge on any atom is 0.199 e. The zero-order valence-electron chi connectivity index (χ0n) is 18.7. The molecule has 0 N–H and O–H groups in total. The van der Waals surface area contributed by atoms with Crippen LogP contribution in [0.25, 0.3) is 0 Å². The third-order valence-electron chi connectivity index (χ3n) is 6.99. The van der Waals surface area contributed by atoms with Crippen LogP contribution in [0.1, 0.15) is 46.5 Å². The number of anilines is 1. The molecule has 4 heteroatoms. The molecular formula is C25H36N3Si+. The van der Waals surface area contributed by atoms with Crippen LogP contribution in [0.3, 0.4) is 0 Å². The zero-order chi connectivity index (χ0) is 20.4. The van der Waals surface area contributed by atoms with Crippen molar-refractivity contribution >= 4 is 36.1 Å². The van der Waals surface area contributed by atoms with Crippen molar-refractivity contribution in [1.29, 1.82) is 0 Å². The molecule has 0 bridgehead atoms. The van der Waals surface area contributed by atoms with Crippen molar-refractivity contribution < 1.29 is 4.58 Å². The molecule has 1 aromatic carbocycles. The molecular weight excluding hydrogens is 370 g/mol. The van der Waals surface area contributed by atoms with Gasteiger partial charge in [0.1, 0.15) is 21.2 Å². The van der Waals surface area contributed by atoms with Gasteiger partial charge >= 0.3 is 0 Å². The Kier molecular flexibility index (Phi) is 5.91. The zero-order valence-corrected chi connectivity index (χ0v) is 19.7. The second-order valence-electron chi connectivity index (χ2n) is 8.82. The van der Waals surface area contributed by atoms with Gasteiger partial charge in [0.05, 0.1) is 11.4 Å². The minimum atomic E-state index is -1.82. The highest BCUT2D eigenvalue weighted by molar-refractivity contribution is 7.02. The number of piperidine rings is 1. The van der Waals surface area contributed by atoms with E-state index in [1.807, 2.05) is 0 Å². The van der Waals surface area contributed by atoms with E-state index in [1.165, 1.54) is 72.8 Å². The lowest BCUT2D eigenvalue weighted by Gasteiger charge is -2.37. The fourth-order valence-corrected chi connectivity index (χ4v) is 9.48. The minimum absolute atomic E-state index is 1.05. The fraction of sp³-hybridized carbons (Fsp3) is 0.520. The maximum atomic E-state index is 5.12. The van der Waals surface area contributed by atoms with E-state index in [0.717, 1.165) is 13.1 Å². The third-order valence-corrected chi connectivity index (χ3v) is 11.7. The second-order valence-corrected chi connectivity index (χ2v) is 13.1. The lowest BCUT2D eigenvalue weighted by Crippen LogP contribution is -2.52. The van der Waals surface area contributed by atoms with Crippen molar-refractivity contribution in [2.24, 2.45) is 4.99 Å². The van der Waals surface area contributed by atoms with Crippen LogP contribution in [0.2, 0.25) is 12.6 Å². The molecule has 1 aromatic rings. The number of hydrogen-bond donors (Lipinski definition) is 0. The van der Waals surface area contributed by atoms with Crippen LogP contribution in [0.5, 0.6) is 0 Å². The first-order valence-electron chi connectivity index (χ1n) is 11.6. The van der Waals surface area contributed by atoms with Crippen LogP contribution in [0.15, 0.2) is 46.6 Å². The first kappa shape index (κ1) is 20.3. The molecule has 2 aliphatic heterocycles. The van der Waals surface area contributed by atoms with Crippen LogP contribution in [-0.2, 0) is 0 Å². The molecule has 1 unspecified atom stereocenters. The molecule has 4 rings (SSSR count). The highest BCUT2D eigenvalue weighted by Crippen LogP contribution is 2.35. The molecule has 3 aliphatic rings. The Morgan fingerprint density at radius 3 is 2.48 bits per heavy atom. The maximum absolute atomic E-state index is 5.12. The van der Waals surface area contributed by atoms with Crippen LogP contribution >= 0.6 is 0 Å². The van der Waals surface area contributed by atoms with Gasteiger partial charge in [-0.3, -0.25) is 0 Å². The van der Waals surface area contributed by atoms with Crippen LogP contribution in [0, 0.1) is 0 Å². The first-order chi connectivity index (χ1) is 14.1. The summed E-state index contributed by atoms with van der Waals surface area (Å²) in [5.74, 6) is 0. The average Bonchev–Trinajstić information content (AvgIpc) is 2.76. The molecule has 1 aliphatic carbocycles. The van der Waals surface area contributed by atoms with Gasteiger partial charge in [-0.2, -0.15) is 0 Å². The van der Waals surface area contributed by atoms with Gasteiger partial charge in [-0.05, 0) is 61.0 Å². The lowest BCUT2D eigenvalue weighted by atomic mass is 10.1. The van der Waals surface area contributed by atoms with E-state index in [0.29, 0.717) is 0 Å². The molecule has 3 nitrogen and oxygen atoms in total. The Labute approximate surface area is 177 Å². The van der Waals surface area contributed by atoms with E-state index in [2.05, 4.69) is 73.2 Å². The van der Waals surface area contributed by atoms with Crippen LogP contribution in [0.4, 0.5) is 11.4 Å². The van der Waals surface area contributed by atoms with Gasteiger partial charge in [0.25, 0.3) is 0 Å². The second kappa shape index (κ2) is 8.43. The molecule has 2 heterocycles. The summed E-state index contributed by atoms with van der Waals surface area (Å²) in [6.07, 6.45) is 12.4. The van der Waals surface area contributed by atoms with Crippen molar-refractivity contribution in [2.45, 2.75) is 59.0 Å². The molecule has 0 radical (unpaired) electrons. The van der Waals surface area contributed by atoms with Gasteiger partial charge in [0.2, 0.25) is 0 Å². The smallest absolute Gasteiger partial charge is 0.199 e. The molecule has 1 atom stereocenters. The first-order valence-corrected chi connectivity index (χ1v) is 14.3. The summed E-state index contributed by atoms with van der Waals surface area (Å²) in [7, 11) is -1.82. The number of fused-ring (bicyclic) bond motifs is 2. The monoisotopic (exact) mass is 406 g/mol. The van der Waals surface area contributed by atoms with Crippen LogP contribution < -0.4 is 10.1 Å². The Morgan fingerprint density at radius 1 is 1.03 bits per heavy atom. The van der Waals surface area contributed by atoms with Crippen molar-refractivity contribution in [3.63, 3.8) is 0 Å². The average molecular weight is 407 g/mol. The molecule has 29 heavy (non-hydrogen) atoms. The summed E-state index contributed by atoms with van der Waals surface area (Å²) in [5.41, 5.74) is 5.20. The van der Waals surface area contributed by atoms with E-state index >= 15 is 0 Å². The normalized spacial score (nSPS) is 23.3. The summed E-state index contributed by atoms with van der Waals surface area (Å²) in [6.45, 7) is 13.9. The SMILES string of the molecule is CCC[Si]1(C)C2=CC(=[N+]3CCCCC3)C=CC2=Nc2ccc(N(CC)CC)cc21. The molecule has 1 saturated heterocycles. The van der Waals surface area contributed by atoms with Crippen molar-refractivity contribution in [3.05, 3.63) is 41.6 Å². The number of benzene rings is 1. The van der Waals surface area contributed by atoms with Crippen molar-refractivity contribution in [2.75, 3.05) is 31.1 Å². The third kappa shape index (κ3) is 3.68. The van der Waals surface area contributed by atoms with Gasteiger partial charge in [-0.15, -0.1) is 0 Å². The minimum Gasteiger partial charge on any atom is -0.372 e. The van der Waals surface area contributed by atoms with Gasteiger partial charge in [-0.1, -0.05) is 19.9 Å². The van der Waals surface area contributed by atoms with E-state index in [-0.39, 0.29) is 0 Å². The van der Waals surface area contributed by atoms with Gasteiger partial charge < -0.3 is 4.90 Å². The number of hydrogen-bond acceptors (Lipinski definition) is 2. The van der Waals surface area contributed by atoms with Crippen molar-refractivity contribution in [1.82, 2.24) is 0 Å². The summed E-state index contributed by atoms with van der Waals surface area (Å²) < 4.78 is 2.59. The molecule has 0 aromatic heterocycles. The Hall–Kier alpha value is -1.94. The Bertz CT molecular complexity index is 897. The summed E-state index contributed by atoms with van der Waals surface area (Å²) in [5, 5.41) is 3.08. The van der Waals surface area contributed by atoms with E-state index in [1.54, 1.807) is 5.20 Å². The molecule has 0 amide bonds. The summed E-state index contributed by atoms with van der Waals surface area (Å²) in [4.78, 5) is 7.58. The van der Waals surface area contributed by atoms with E-state index < -0.39 is 8.07 Å². The lowest BCUT2D eigenvalue weighted by molar-refractivity contribution is -0.535. The summed E-state index contributed by atoms with van der Waals surface area (Å²) in [6, 6.07) is 8.30.